The topological polar surface area (TPSA) is 52.5 Å². The van der Waals surface area contributed by atoms with Gasteiger partial charge in [-0.2, -0.15) is 0 Å². The summed E-state index contributed by atoms with van der Waals surface area (Å²) in [5.74, 6) is 1.89. The summed E-state index contributed by atoms with van der Waals surface area (Å²) in [6, 6.07) is 2.09. The van der Waals surface area contributed by atoms with Gasteiger partial charge in [0.1, 0.15) is 11.6 Å². The molecule has 2 rings (SSSR count). The number of hydrogen-bond donors (Lipinski definition) is 1. The standard InChI is InChI=1S/C13H22N4O.C2H4/c1-3-12-10-13(15-11(2)14-12)17-6-4-16(5-7-17)8-9-18;1-2/h10,18H,3-9H2,1-2H3;1-2H2. The smallest absolute Gasteiger partial charge is 0.132 e. The van der Waals surface area contributed by atoms with Gasteiger partial charge in [-0.3, -0.25) is 4.90 Å². The van der Waals surface area contributed by atoms with Crippen LogP contribution in [0.15, 0.2) is 19.2 Å². The van der Waals surface area contributed by atoms with Crippen molar-refractivity contribution in [2.75, 3.05) is 44.2 Å². The lowest BCUT2D eigenvalue weighted by Crippen LogP contribution is -2.47. The van der Waals surface area contributed by atoms with E-state index in [1.54, 1.807) is 0 Å². The van der Waals surface area contributed by atoms with Crippen molar-refractivity contribution >= 4 is 5.82 Å². The van der Waals surface area contributed by atoms with E-state index in [-0.39, 0.29) is 6.61 Å². The van der Waals surface area contributed by atoms with Crippen LogP contribution < -0.4 is 4.90 Å². The number of nitrogens with zero attached hydrogens (tertiary/aromatic N) is 4. The first-order chi connectivity index (χ1) is 9.72. The highest BCUT2D eigenvalue weighted by atomic mass is 16.3. The molecule has 112 valence electrons. The van der Waals surface area contributed by atoms with Crippen molar-refractivity contribution < 1.29 is 5.11 Å². The molecule has 1 aliphatic rings. The summed E-state index contributed by atoms with van der Waals surface area (Å²) in [6.07, 6.45) is 0.945. The Hall–Kier alpha value is -1.46. The second-order valence-electron chi connectivity index (χ2n) is 4.67. The highest BCUT2D eigenvalue weighted by Gasteiger charge is 2.18. The molecule has 0 spiro atoms. The maximum absolute atomic E-state index is 8.93. The van der Waals surface area contributed by atoms with Crippen LogP contribution in [0.2, 0.25) is 0 Å². The largest absolute Gasteiger partial charge is 0.395 e. The molecular weight excluding hydrogens is 252 g/mol. The number of aliphatic hydroxyl groups excluding tert-OH is 1. The van der Waals surface area contributed by atoms with Crippen LogP contribution in [0, 0.1) is 6.92 Å². The molecule has 0 amide bonds. The predicted molar refractivity (Wildman–Crippen MR) is 83.1 cm³/mol. The van der Waals surface area contributed by atoms with Gasteiger partial charge in [-0.25, -0.2) is 9.97 Å². The number of aromatic nitrogens is 2. The van der Waals surface area contributed by atoms with Crippen molar-refractivity contribution in [3.05, 3.63) is 30.7 Å². The summed E-state index contributed by atoms with van der Waals surface area (Å²) in [5.41, 5.74) is 1.11. The number of rotatable bonds is 4. The normalized spacial score (nSPS) is 15.7. The van der Waals surface area contributed by atoms with Crippen LogP contribution in [-0.2, 0) is 6.42 Å². The monoisotopic (exact) mass is 278 g/mol. The van der Waals surface area contributed by atoms with Crippen LogP contribution in [0.4, 0.5) is 5.82 Å². The summed E-state index contributed by atoms with van der Waals surface area (Å²) in [4.78, 5) is 13.5. The third-order valence-corrected chi connectivity index (χ3v) is 3.35. The predicted octanol–water partition coefficient (Wildman–Crippen LogP) is 1.26. The van der Waals surface area contributed by atoms with Crippen molar-refractivity contribution in [2.45, 2.75) is 20.3 Å². The fourth-order valence-corrected chi connectivity index (χ4v) is 2.30. The zero-order valence-electron chi connectivity index (χ0n) is 12.7. The van der Waals surface area contributed by atoms with Gasteiger partial charge in [-0.1, -0.05) is 6.92 Å². The molecule has 0 bridgehead atoms. The number of anilines is 1. The van der Waals surface area contributed by atoms with E-state index in [1.165, 1.54) is 0 Å². The fourth-order valence-electron chi connectivity index (χ4n) is 2.30. The van der Waals surface area contributed by atoms with Crippen LogP contribution in [0.1, 0.15) is 18.4 Å². The van der Waals surface area contributed by atoms with Gasteiger partial charge >= 0.3 is 0 Å². The minimum absolute atomic E-state index is 0.243. The van der Waals surface area contributed by atoms with E-state index in [9.17, 15) is 0 Å². The highest BCUT2D eigenvalue weighted by Crippen LogP contribution is 2.15. The van der Waals surface area contributed by atoms with Crippen LogP contribution in [0.3, 0.4) is 0 Å². The number of hydrogen-bond acceptors (Lipinski definition) is 5. The maximum Gasteiger partial charge on any atom is 0.132 e. The van der Waals surface area contributed by atoms with Crippen LogP contribution in [0.5, 0.6) is 0 Å². The molecule has 1 N–H and O–H groups in total. The van der Waals surface area contributed by atoms with E-state index in [2.05, 4.69) is 45.9 Å². The molecule has 0 atom stereocenters. The van der Waals surface area contributed by atoms with Crippen LogP contribution in [0.25, 0.3) is 0 Å². The first kappa shape index (κ1) is 16.6. The maximum atomic E-state index is 8.93. The van der Waals surface area contributed by atoms with Crippen molar-refractivity contribution in [2.24, 2.45) is 0 Å². The summed E-state index contributed by atoms with van der Waals surface area (Å²) >= 11 is 0. The molecule has 1 saturated heterocycles. The Kier molecular flexibility index (Phi) is 7.18. The van der Waals surface area contributed by atoms with Crippen molar-refractivity contribution in [1.82, 2.24) is 14.9 Å². The second-order valence-corrected chi connectivity index (χ2v) is 4.67. The van der Waals surface area contributed by atoms with Crippen molar-refractivity contribution in [3.8, 4) is 0 Å². The highest BCUT2D eigenvalue weighted by molar-refractivity contribution is 5.40. The van der Waals surface area contributed by atoms with Gasteiger partial charge in [-0.15, -0.1) is 13.2 Å². The molecule has 20 heavy (non-hydrogen) atoms. The van der Waals surface area contributed by atoms with Gasteiger partial charge < -0.3 is 10.0 Å². The first-order valence-corrected chi connectivity index (χ1v) is 7.15. The number of β-amino-alcohol motifs (C(OH)–C–C–N with tert-alkyl or cyclic N) is 1. The van der Waals surface area contributed by atoms with Crippen molar-refractivity contribution in [3.63, 3.8) is 0 Å². The number of aryl methyl sites for hydroxylation is 2. The first-order valence-electron chi connectivity index (χ1n) is 7.15. The second kappa shape index (κ2) is 8.66. The molecule has 1 aromatic rings. The minimum Gasteiger partial charge on any atom is -0.395 e. The van der Waals surface area contributed by atoms with E-state index < -0.39 is 0 Å². The lowest BCUT2D eigenvalue weighted by Gasteiger charge is -2.35. The average Bonchev–Trinajstić information content (AvgIpc) is 2.49. The molecule has 1 aromatic heterocycles. The Morgan fingerprint density at radius 3 is 2.40 bits per heavy atom. The third kappa shape index (κ3) is 4.58. The number of aliphatic hydroxyl groups is 1. The van der Waals surface area contributed by atoms with E-state index in [1.807, 2.05) is 6.92 Å². The molecule has 0 saturated carbocycles. The molecule has 0 aromatic carbocycles. The average molecular weight is 278 g/mol. The SMILES string of the molecule is C=C.CCc1cc(N2CCN(CCO)CC2)nc(C)n1. The van der Waals surface area contributed by atoms with Crippen LogP contribution >= 0.6 is 0 Å². The van der Waals surface area contributed by atoms with Gasteiger partial charge in [0.15, 0.2) is 0 Å². The molecule has 0 radical (unpaired) electrons. The summed E-state index contributed by atoms with van der Waals surface area (Å²) in [7, 11) is 0. The molecule has 2 heterocycles. The zero-order chi connectivity index (χ0) is 15.0. The Morgan fingerprint density at radius 2 is 1.85 bits per heavy atom. The minimum atomic E-state index is 0.243. The van der Waals surface area contributed by atoms with Gasteiger partial charge in [0.25, 0.3) is 0 Å². The van der Waals surface area contributed by atoms with Crippen molar-refractivity contribution in [1.29, 1.82) is 0 Å². The number of piperazine rings is 1. The molecule has 0 aliphatic carbocycles. The lowest BCUT2D eigenvalue weighted by molar-refractivity contribution is 0.188. The molecule has 1 aliphatic heterocycles. The van der Waals surface area contributed by atoms with E-state index in [4.69, 9.17) is 5.11 Å². The van der Waals surface area contributed by atoms with Crippen LogP contribution in [-0.4, -0.2) is 59.3 Å². The van der Waals surface area contributed by atoms with Gasteiger partial charge in [0.05, 0.1) is 6.61 Å². The molecule has 5 heteroatoms. The molecule has 0 unspecified atom stereocenters. The van der Waals surface area contributed by atoms with Gasteiger partial charge in [-0.05, 0) is 13.3 Å². The lowest BCUT2D eigenvalue weighted by atomic mass is 10.2. The summed E-state index contributed by atoms with van der Waals surface area (Å²) < 4.78 is 0. The Bertz CT molecular complexity index is 403. The molecular formula is C15H26N4O. The Morgan fingerprint density at radius 1 is 1.20 bits per heavy atom. The quantitative estimate of drug-likeness (QED) is 0.841. The molecule has 1 fully saturated rings. The molecule has 5 nitrogen and oxygen atoms in total. The van der Waals surface area contributed by atoms with Gasteiger partial charge in [0.2, 0.25) is 0 Å². The fraction of sp³-hybridized carbons (Fsp3) is 0.600. The van der Waals surface area contributed by atoms with E-state index >= 15 is 0 Å². The Labute approximate surface area is 122 Å². The summed E-state index contributed by atoms with van der Waals surface area (Å²) in [6.45, 7) is 15.0. The zero-order valence-corrected chi connectivity index (χ0v) is 12.7. The third-order valence-electron chi connectivity index (χ3n) is 3.35. The van der Waals surface area contributed by atoms with E-state index in [0.29, 0.717) is 0 Å². The Balaban J connectivity index is 0.000000956. The van der Waals surface area contributed by atoms with Gasteiger partial charge in [0, 0.05) is 44.5 Å². The van der Waals surface area contributed by atoms with E-state index in [0.717, 1.165) is 56.5 Å². The summed E-state index contributed by atoms with van der Waals surface area (Å²) in [5, 5.41) is 8.93.